The molecule has 0 saturated heterocycles. The van der Waals surface area contributed by atoms with E-state index in [0.717, 1.165) is 0 Å². The Morgan fingerprint density at radius 1 is 1.17 bits per heavy atom. The molecule has 1 aromatic heterocycles. The summed E-state index contributed by atoms with van der Waals surface area (Å²) in [5, 5.41) is 3.05. The van der Waals surface area contributed by atoms with Gasteiger partial charge in [0.15, 0.2) is 11.4 Å². The van der Waals surface area contributed by atoms with E-state index in [2.05, 4.69) is 15.3 Å². The van der Waals surface area contributed by atoms with Gasteiger partial charge in [0.05, 0.1) is 22.3 Å². The van der Waals surface area contributed by atoms with Crippen LogP contribution in [0.5, 0.6) is 0 Å². The number of nitrogens with zero attached hydrogens (tertiary/aromatic N) is 2. The molecule has 1 heterocycles. The molecule has 0 unspecified atom stereocenters. The summed E-state index contributed by atoms with van der Waals surface area (Å²) in [5.41, 5.74) is 0.00365. The van der Waals surface area contributed by atoms with Crippen molar-refractivity contribution in [3.8, 4) is 0 Å². The summed E-state index contributed by atoms with van der Waals surface area (Å²) in [6, 6.07) is 4.81. The Bertz CT molecular complexity index is 738. The number of benzene rings is 1. The molecule has 1 amide bonds. The molecule has 0 aliphatic heterocycles. The Balaban J connectivity index is 2.26. The lowest BCUT2D eigenvalue weighted by Crippen LogP contribution is -2.21. The van der Waals surface area contributed by atoms with E-state index >= 15 is 0 Å². The van der Waals surface area contributed by atoms with Crippen molar-refractivity contribution in [3.63, 3.8) is 0 Å². The number of carbonyl (C=O) groups excluding carboxylic acids is 2. The molecule has 1 aromatic carbocycles. The standard InChI is InChI=1S/C15H13Cl2N3O3/c1-2-8-23-15(22)13-12(18-6-7-19-13)14(21)20-10-5-3-4-9(16)11(10)17/h3-7H,2,8H2,1H3,(H,20,21). The monoisotopic (exact) mass is 353 g/mol. The minimum Gasteiger partial charge on any atom is -0.461 e. The average molecular weight is 354 g/mol. The molecule has 120 valence electrons. The fourth-order valence-corrected chi connectivity index (χ4v) is 2.05. The zero-order chi connectivity index (χ0) is 16.8. The molecule has 0 fully saturated rings. The number of aromatic nitrogens is 2. The molecule has 23 heavy (non-hydrogen) atoms. The first-order valence-electron chi connectivity index (χ1n) is 6.78. The topological polar surface area (TPSA) is 81.2 Å². The van der Waals surface area contributed by atoms with E-state index < -0.39 is 11.9 Å². The first-order chi connectivity index (χ1) is 11.0. The summed E-state index contributed by atoms with van der Waals surface area (Å²) < 4.78 is 4.99. The largest absolute Gasteiger partial charge is 0.461 e. The second-order valence-electron chi connectivity index (χ2n) is 4.44. The predicted molar refractivity (Wildman–Crippen MR) is 87.0 cm³/mol. The lowest BCUT2D eigenvalue weighted by molar-refractivity contribution is 0.0494. The lowest BCUT2D eigenvalue weighted by Gasteiger charge is -2.10. The molecule has 8 heteroatoms. The fourth-order valence-electron chi connectivity index (χ4n) is 1.70. The molecular weight excluding hydrogens is 341 g/mol. The van der Waals surface area contributed by atoms with Crippen LogP contribution in [-0.4, -0.2) is 28.5 Å². The SMILES string of the molecule is CCCOC(=O)c1nccnc1C(=O)Nc1cccc(Cl)c1Cl. The normalized spacial score (nSPS) is 10.2. The molecule has 0 aliphatic carbocycles. The number of carbonyl (C=O) groups is 2. The third kappa shape index (κ3) is 4.18. The van der Waals surface area contributed by atoms with Crippen LogP contribution in [-0.2, 0) is 4.74 Å². The summed E-state index contributed by atoms with van der Waals surface area (Å²) in [6.07, 6.45) is 3.28. The number of ether oxygens (including phenoxy) is 1. The van der Waals surface area contributed by atoms with Crippen LogP contribution < -0.4 is 5.32 Å². The maximum Gasteiger partial charge on any atom is 0.359 e. The molecule has 2 aromatic rings. The molecule has 2 rings (SSSR count). The van der Waals surface area contributed by atoms with Crippen LogP contribution in [0.4, 0.5) is 5.69 Å². The maximum atomic E-state index is 12.4. The molecule has 0 bridgehead atoms. The van der Waals surface area contributed by atoms with Gasteiger partial charge in [-0.05, 0) is 18.6 Å². The van der Waals surface area contributed by atoms with Gasteiger partial charge < -0.3 is 10.1 Å². The second-order valence-corrected chi connectivity index (χ2v) is 5.23. The highest BCUT2D eigenvalue weighted by atomic mass is 35.5. The average Bonchev–Trinajstić information content (AvgIpc) is 2.56. The summed E-state index contributed by atoms with van der Waals surface area (Å²) in [7, 11) is 0. The number of hydrogen-bond acceptors (Lipinski definition) is 5. The van der Waals surface area contributed by atoms with Gasteiger partial charge in [-0.2, -0.15) is 0 Å². The van der Waals surface area contributed by atoms with Crippen molar-refractivity contribution in [3.05, 3.63) is 52.0 Å². The fraction of sp³-hybridized carbons (Fsp3) is 0.200. The van der Waals surface area contributed by atoms with E-state index in [0.29, 0.717) is 17.1 Å². The Kier molecular flexibility index (Phi) is 5.90. The van der Waals surface area contributed by atoms with Crippen molar-refractivity contribution >= 4 is 40.8 Å². The Morgan fingerprint density at radius 3 is 2.57 bits per heavy atom. The smallest absolute Gasteiger partial charge is 0.359 e. The van der Waals surface area contributed by atoms with Crippen molar-refractivity contribution in [2.45, 2.75) is 13.3 Å². The van der Waals surface area contributed by atoms with Crippen LogP contribution in [0.15, 0.2) is 30.6 Å². The Morgan fingerprint density at radius 2 is 1.87 bits per heavy atom. The van der Waals surface area contributed by atoms with E-state index in [1.807, 2.05) is 6.92 Å². The highest BCUT2D eigenvalue weighted by Gasteiger charge is 2.22. The third-order valence-electron chi connectivity index (χ3n) is 2.74. The quantitative estimate of drug-likeness (QED) is 0.830. The zero-order valence-corrected chi connectivity index (χ0v) is 13.7. The zero-order valence-electron chi connectivity index (χ0n) is 12.2. The number of rotatable bonds is 5. The van der Waals surface area contributed by atoms with E-state index in [1.54, 1.807) is 18.2 Å². The Labute approximate surface area is 142 Å². The maximum absolute atomic E-state index is 12.4. The number of anilines is 1. The van der Waals surface area contributed by atoms with Gasteiger partial charge in [0.25, 0.3) is 5.91 Å². The number of nitrogens with one attached hydrogen (secondary N) is 1. The van der Waals surface area contributed by atoms with Crippen LogP contribution in [0.25, 0.3) is 0 Å². The molecule has 0 saturated carbocycles. The first-order valence-corrected chi connectivity index (χ1v) is 7.53. The molecule has 6 nitrogen and oxygen atoms in total. The molecule has 1 N–H and O–H groups in total. The van der Waals surface area contributed by atoms with Crippen molar-refractivity contribution in [2.24, 2.45) is 0 Å². The molecule has 0 spiro atoms. The summed E-state index contributed by atoms with van der Waals surface area (Å²) in [5.74, 6) is -1.34. The molecule has 0 radical (unpaired) electrons. The van der Waals surface area contributed by atoms with Crippen molar-refractivity contribution in [1.29, 1.82) is 0 Å². The highest BCUT2D eigenvalue weighted by Crippen LogP contribution is 2.29. The van der Waals surface area contributed by atoms with Gasteiger partial charge in [-0.15, -0.1) is 0 Å². The van der Waals surface area contributed by atoms with Gasteiger partial charge in [0.1, 0.15) is 0 Å². The van der Waals surface area contributed by atoms with Crippen LogP contribution in [0.1, 0.15) is 34.3 Å². The molecule has 0 atom stereocenters. The first kappa shape index (κ1) is 17.2. The van der Waals surface area contributed by atoms with Crippen molar-refractivity contribution in [2.75, 3.05) is 11.9 Å². The van der Waals surface area contributed by atoms with E-state index in [-0.39, 0.29) is 23.0 Å². The van der Waals surface area contributed by atoms with Gasteiger partial charge in [0, 0.05) is 12.4 Å². The predicted octanol–water partition coefficient (Wildman–Crippen LogP) is 3.60. The number of amides is 1. The second kappa shape index (κ2) is 7.89. The molecule has 0 aliphatic rings. The van der Waals surface area contributed by atoms with Crippen LogP contribution in [0, 0.1) is 0 Å². The van der Waals surface area contributed by atoms with Gasteiger partial charge in [-0.3, -0.25) is 4.79 Å². The lowest BCUT2D eigenvalue weighted by atomic mass is 10.2. The minimum atomic E-state index is -0.706. The van der Waals surface area contributed by atoms with Crippen molar-refractivity contribution in [1.82, 2.24) is 9.97 Å². The van der Waals surface area contributed by atoms with E-state index in [1.165, 1.54) is 12.4 Å². The highest BCUT2D eigenvalue weighted by molar-refractivity contribution is 6.44. The van der Waals surface area contributed by atoms with Gasteiger partial charge in [-0.1, -0.05) is 36.2 Å². The molecular formula is C15H13Cl2N3O3. The summed E-state index contributed by atoms with van der Waals surface area (Å²) >= 11 is 11.9. The third-order valence-corrected chi connectivity index (χ3v) is 3.56. The Hall–Kier alpha value is -2.18. The summed E-state index contributed by atoms with van der Waals surface area (Å²) in [4.78, 5) is 32.1. The van der Waals surface area contributed by atoms with Crippen molar-refractivity contribution < 1.29 is 14.3 Å². The van der Waals surface area contributed by atoms with Gasteiger partial charge in [-0.25, -0.2) is 14.8 Å². The number of halogens is 2. The number of hydrogen-bond donors (Lipinski definition) is 1. The van der Waals surface area contributed by atoms with Crippen LogP contribution in [0.3, 0.4) is 0 Å². The van der Waals surface area contributed by atoms with Gasteiger partial charge in [0.2, 0.25) is 0 Å². The van der Waals surface area contributed by atoms with E-state index in [9.17, 15) is 9.59 Å². The van der Waals surface area contributed by atoms with Crippen LogP contribution in [0.2, 0.25) is 10.0 Å². The van der Waals surface area contributed by atoms with Gasteiger partial charge >= 0.3 is 5.97 Å². The number of esters is 1. The van der Waals surface area contributed by atoms with Crippen LogP contribution >= 0.6 is 23.2 Å². The van der Waals surface area contributed by atoms with E-state index in [4.69, 9.17) is 27.9 Å². The minimum absolute atomic E-state index is 0.148. The summed E-state index contributed by atoms with van der Waals surface area (Å²) in [6.45, 7) is 2.09.